The fourth-order valence-corrected chi connectivity index (χ4v) is 2.46. The molecular formula is C14H18FN5. The van der Waals surface area contributed by atoms with E-state index in [9.17, 15) is 4.39 Å². The van der Waals surface area contributed by atoms with Crippen LogP contribution in [0.3, 0.4) is 0 Å². The number of aromatic nitrogens is 3. The quantitative estimate of drug-likeness (QED) is 0.876. The van der Waals surface area contributed by atoms with Gasteiger partial charge in [0.05, 0.1) is 5.56 Å². The summed E-state index contributed by atoms with van der Waals surface area (Å²) < 4.78 is 14.1. The average molecular weight is 275 g/mol. The summed E-state index contributed by atoms with van der Waals surface area (Å²) in [6.07, 6.45) is 0. The summed E-state index contributed by atoms with van der Waals surface area (Å²) in [6.45, 7) is 6.49. The van der Waals surface area contributed by atoms with E-state index in [2.05, 4.69) is 32.3 Å². The number of H-pyrrole nitrogens is 1. The van der Waals surface area contributed by atoms with Crippen molar-refractivity contribution in [3.63, 3.8) is 0 Å². The van der Waals surface area contributed by atoms with Gasteiger partial charge in [-0.2, -0.15) is 4.98 Å². The molecule has 0 amide bonds. The highest BCUT2D eigenvalue weighted by atomic mass is 19.1. The van der Waals surface area contributed by atoms with Crippen LogP contribution in [0.2, 0.25) is 0 Å². The lowest BCUT2D eigenvalue weighted by molar-refractivity contribution is 0.480. The lowest BCUT2D eigenvalue weighted by atomic mass is 10.1. The molecule has 1 unspecified atom stereocenters. The molecule has 0 saturated carbocycles. The van der Waals surface area contributed by atoms with Crippen LogP contribution in [0.1, 0.15) is 12.5 Å². The Kier molecular flexibility index (Phi) is 3.40. The minimum absolute atomic E-state index is 0.246. The maximum Gasteiger partial charge on any atom is 0.245 e. The van der Waals surface area contributed by atoms with Gasteiger partial charge in [0.2, 0.25) is 5.95 Å². The number of rotatable bonds is 2. The summed E-state index contributed by atoms with van der Waals surface area (Å²) in [5, 5.41) is 10.4. The summed E-state index contributed by atoms with van der Waals surface area (Å²) in [7, 11) is 0. The normalized spacial score (nSPS) is 19.4. The molecule has 1 aliphatic heterocycles. The van der Waals surface area contributed by atoms with Crippen molar-refractivity contribution in [3.05, 3.63) is 29.6 Å². The van der Waals surface area contributed by atoms with Crippen molar-refractivity contribution in [3.8, 4) is 11.4 Å². The second-order valence-electron chi connectivity index (χ2n) is 5.22. The molecule has 0 bridgehead atoms. The van der Waals surface area contributed by atoms with Crippen LogP contribution >= 0.6 is 0 Å². The fraction of sp³-hybridized carbons (Fsp3) is 0.429. The van der Waals surface area contributed by atoms with Gasteiger partial charge in [-0.25, -0.2) is 4.39 Å². The van der Waals surface area contributed by atoms with Crippen LogP contribution in [-0.4, -0.2) is 40.9 Å². The number of halogens is 1. The number of anilines is 1. The highest BCUT2D eigenvalue weighted by molar-refractivity contribution is 5.58. The zero-order valence-electron chi connectivity index (χ0n) is 11.7. The molecule has 2 heterocycles. The van der Waals surface area contributed by atoms with Gasteiger partial charge in [-0.3, -0.25) is 5.10 Å². The molecule has 3 rings (SSSR count). The molecule has 1 aliphatic rings. The lowest BCUT2D eigenvalue weighted by Crippen LogP contribution is -2.49. The van der Waals surface area contributed by atoms with Gasteiger partial charge in [0, 0.05) is 25.7 Å². The van der Waals surface area contributed by atoms with Gasteiger partial charge in [-0.1, -0.05) is 12.1 Å². The van der Waals surface area contributed by atoms with Crippen molar-refractivity contribution in [2.24, 2.45) is 0 Å². The molecule has 1 fully saturated rings. The summed E-state index contributed by atoms with van der Waals surface area (Å²) in [4.78, 5) is 6.54. The maximum atomic E-state index is 14.1. The fourth-order valence-electron chi connectivity index (χ4n) is 2.46. The first-order valence-corrected chi connectivity index (χ1v) is 6.81. The van der Waals surface area contributed by atoms with E-state index in [1.54, 1.807) is 19.1 Å². The molecule has 1 saturated heterocycles. The number of nitrogens with zero attached hydrogens (tertiary/aromatic N) is 3. The maximum absolute atomic E-state index is 14.1. The van der Waals surface area contributed by atoms with Gasteiger partial charge in [0.1, 0.15) is 5.82 Å². The third-order valence-electron chi connectivity index (χ3n) is 3.57. The standard InChI is InChI=1S/C14H18FN5/c1-9-4-3-5-11(12(9)15)13-17-14(19-18-13)20-7-6-16-10(2)8-20/h3-5,10,16H,6-8H2,1-2H3,(H,17,18,19). The number of hydrogen-bond donors (Lipinski definition) is 2. The minimum Gasteiger partial charge on any atom is -0.337 e. The first-order valence-electron chi connectivity index (χ1n) is 6.81. The van der Waals surface area contributed by atoms with Gasteiger partial charge in [-0.15, -0.1) is 5.10 Å². The van der Waals surface area contributed by atoms with Crippen molar-refractivity contribution in [1.82, 2.24) is 20.5 Å². The average Bonchev–Trinajstić information content (AvgIpc) is 2.91. The van der Waals surface area contributed by atoms with Crippen molar-refractivity contribution in [2.45, 2.75) is 19.9 Å². The van der Waals surface area contributed by atoms with E-state index in [0.717, 1.165) is 19.6 Å². The van der Waals surface area contributed by atoms with Gasteiger partial charge in [0.25, 0.3) is 0 Å². The number of piperazine rings is 1. The molecule has 2 aromatic rings. The monoisotopic (exact) mass is 275 g/mol. The van der Waals surface area contributed by atoms with Crippen LogP contribution < -0.4 is 10.2 Å². The molecule has 1 aromatic heterocycles. The Morgan fingerprint density at radius 3 is 3.05 bits per heavy atom. The van der Waals surface area contributed by atoms with E-state index in [0.29, 0.717) is 28.9 Å². The molecule has 1 atom stereocenters. The SMILES string of the molecule is Cc1cccc(-c2nc(N3CCNC(C)C3)n[nH]2)c1F. The number of nitrogens with one attached hydrogen (secondary N) is 2. The van der Waals surface area contributed by atoms with E-state index in [1.807, 2.05) is 6.07 Å². The van der Waals surface area contributed by atoms with E-state index in [4.69, 9.17) is 0 Å². The molecule has 6 heteroatoms. The van der Waals surface area contributed by atoms with Crippen molar-refractivity contribution < 1.29 is 4.39 Å². The zero-order chi connectivity index (χ0) is 14.1. The minimum atomic E-state index is -0.246. The van der Waals surface area contributed by atoms with E-state index in [1.165, 1.54) is 0 Å². The number of hydrogen-bond acceptors (Lipinski definition) is 4. The van der Waals surface area contributed by atoms with Crippen LogP contribution in [0, 0.1) is 12.7 Å². The summed E-state index contributed by atoms with van der Waals surface area (Å²) in [5.41, 5.74) is 1.07. The number of benzene rings is 1. The highest BCUT2D eigenvalue weighted by Gasteiger charge is 2.20. The van der Waals surface area contributed by atoms with Crippen LogP contribution in [0.5, 0.6) is 0 Å². The summed E-state index contributed by atoms with van der Waals surface area (Å²) in [5.74, 6) is 0.866. The van der Waals surface area contributed by atoms with Gasteiger partial charge in [-0.05, 0) is 25.5 Å². The van der Waals surface area contributed by atoms with Crippen LogP contribution in [0.4, 0.5) is 10.3 Å². The zero-order valence-corrected chi connectivity index (χ0v) is 11.7. The Labute approximate surface area is 117 Å². The molecule has 1 aromatic carbocycles. The Morgan fingerprint density at radius 1 is 1.40 bits per heavy atom. The smallest absolute Gasteiger partial charge is 0.245 e. The molecule has 0 spiro atoms. The number of aryl methyl sites for hydroxylation is 1. The Balaban J connectivity index is 1.88. The largest absolute Gasteiger partial charge is 0.337 e. The molecule has 0 radical (unpaired) electrons. The van der Waals surface area contributed by atoms with Crippen molar-refractivity contribution in [2.75, 3.05) is 24.5 Å². The molecule has 0 aliphatic carbocycles. The highest BCUT2D eigenvalue weighted by Crippen LogP contribution is 2.23. The Bertz CT molecular complexity index is 609. The molecular weight excluding hydrogens is 257 g/mol. The van der Waals surface area contributed by atoms with Gasteiger partial charge in [0.15, 0.2) is 5.82 Å². The molecule has 2 N–H and O–H groups in total. The summed E-state index contributed by atoms with van der Waals surface area (Å²) >= 11 is 0. The second kappa shape index (κ2) is 5.20. The number of aromatic amines is 1. The Morgan fingerprint density at radius 2 is 2.25 bits per heavy atom. The predicted molar refractivity (Wildman–Crippen MR) is 76.2 cm³/mol. The van der Waals surface area contributed by atoms with E-state index >= 15 is 0 Å². The van der Waals surface area contributed by atoms with Gasteiger partial charge < -0.3 is 10.2 Å². The van der Waals surface area contributed by atoms with Crippen LogP contribution in [0.25, 0.3) is 11.4 Å². The van der Waals surface area contributed by atoms with Crippen molar-refractivity contribution in [1.29, 1.82) is 0 Å². The lowest BCUT2D eigenvalue weighted by Gasteiger charge is -2.30. The van der Waals surface area contributed by atoms with Crippen LogP contribution in [-0.2, 0) is 0 Å². The van der Waals surface area contributed by atoms with E-state index < -0.39 is 0 Å². The van der Waals surface area contributed by atoms with Crippen molar-refractivity contribution >= 4 is 5.95 Å². The van der Waals surface area contributed by atoms with Gasteiger partial charge >= 0.3 is 0 Å². The first kappa shape index (κ1) is 13.1. The summed E-state index contributed by atoms with van der Waals surface area (Å²) in [6, 6.07) is 5.69. The first-order chi connectivity index (χ1) is 9.65. The Hall–Kier alpha value is -1.95. The second-order valence-corrected chi connectivity index (χ2v) is 5.22. The third kappa shape index (κ3) is 2.38. The third-order valence-corrected chi connectivity index (χ3v) is 3.57. The topological polar surface area (TPSA) is 56.8 Å². The molecule has 20 heavy (non-hydrogen) atoms. The molecule has 5 nitrogen and oxygen atoms in total. The van der Waals surface area contributed by atoms with E-state index in [-0.39, 0.29) is 5.82 Å². The predicted octanol–water partition coefficient (Wildman–Crippen LogP) is 1.72. The molecule has 106 valence electrons. The van der Waals surface area contributed by atoms with Crippen LogP contribution in [0.15, 0.2) is 18.2 Å².